The quantitative estimate of drug-likeness (QED) is 0.732. The average Bonchev–Trinajstić information content (AvgIpc) is 3.14. The lowest BCUT2D eigenvalue weighted by Gasteiger charge is -2.29. The molecule has 0 spiro atoms. The Morgan fingerprint density at radius 3 is 2.96 bits per heavy atom. The molecule has 0 bridgehead atoms. The number of hydrogen-bond acceptors (Lipinski definition) is 7. The third kappa shape index (κ3) is 4.06. The minimum absolute atomic E-state index is 0.0873. The maximum Gasteiger partial charge on any atom is 0.228 e. The van der Waals surface area contributed by atoms with Gasteiger partial charge in [0.15, 0.2) is 5.13 Å². The zero-order valence-electron chi connectivity index (χ0n) is 14.9. The van der Waals surface area contributed by atoms with Gasteiger partial charge in [-0.1, -0.05) is 6.07 Å². The van der Waals surface area contributed by atoms with Crippen molar-refractivity contribution in [2.45, 2.75) is 19.4 Å². The van der Waals surface area contributed by atoms with Crippen LogP contribution in [0.4, 0.5) is 11.1 Å². The predicted molar refractivity (Wildman–Crippen MR) is 103 cm³/mol. The Hall–Kier alpha value is -3.00. The average molecular weight is 381 g/mol. The predicted octanol–water partition coefficient (Wildman–Crippen LogP) is 2.81. The van der Waals surface area contributed by atoms with Gasteiger partial charge in [0.1, 0.15) is 5.75 Å². The molecule has 0 radical (unpaired) electrons. The summed E-state index contributed by atoms with van der Waals surface area (Å²) < 4.78 is 5.28. The fraction of sp³-hybridized carbons (Fsp3) is 0.263. The van der Waals surface area contributed by atoms with Gasteiger partial charge >= 0.3 is 0 Å². The number of rotatable bonds is 5. The van der Waals surface area contributed by atoms with Crippen molar-refractivity contribution in [3.05, 3.63) is 58.9 Å². The highest BCUT2D eigenvalue weighted by molar-refractivity contribution is 7.13. The molecule has 3 aromatic rings. The molecule has 0 aliphatic carbocycles. The number of fused-ring (bicyclic) bond motifs is 1. The van der Waals surface area contributed by atoms with Crippen LogP contribution in [-0.2, 0) is 24.2 Å². The molecule has 0 atom stereocenters. The number of aromatic nitrogens is 3. The van der Waals surface area contributed by atoms with E-state index in [9.17, 15) is 4.79 Å². The zero-order valence-corrected chi connectivity index (χ0v) is 15.7. The van der Waals surface area contributed by atoms with Crippen molar-refractivity contribution < 1.29 is 9.53 Å². The van der Waals surface area contributed by atoms with E-state index in [0.29, 0.717) is 30.6 Å². The number of methoxy groups -OCH3 is 1. The van der Waals surface area contributed by atoms with E-state index in [4.69, 9.17) is 4.74 Å². The summed E-state index contributed by atoms with van der Waals surface area (Å²) in [5, 5.41) is 5.62. The molecule has 1 aliphatic heterocycles. The van der Waals surface area contributed by atoms with Gasteiger partial charge in [-0.3, -0.25) is 4.79 Å². The summed E-state index contributed by atoms with van der Waals surface area (Å²) in [7, 11) is 1.67. The van der Waals surface area contributed by atoms with E-state index in [1.54, 1.807) is 25.6 Å². The third-order valence-electron chi connectivity index (χ3n) is 4.45. The van der Waals surface area contributed by atoms with Gasteiger partial charge in [-0.25, -0.2) is 15.0 Å². The number of nitrogens with one attached hydrogen (secondary N) is 1. The largest absolute Gasteiger partial charge is 0.497 e. The van der Waals surface area contributed by atoms with Crippen LogP contribution in [0.15, 0.2) is 42.0 Å². The van der Waals surface area contributed by atoms with Crippen molar-refractivity contribution in [1.82, 2.24) is 19.9 Å². The van der Waals surface area contributed by atoms with Crippen molar-refractivity contribution in [3.8, 4) is 5.75 Å². The summed E-state index contributed by atoms with van der Waals surface area (Å²) in [6.45, 7) is 1.34. The Morgan fingerprint density at radius 1 is 1.30 bits per heavy atom. The number of nitrogens with zero attached hydrogens (tertiary/aromatic N) is 4. The zero-order chi connectivity index (χ0) is 18.6. The smallest absolute Gasteiger partial charge is 0.228 e. The van der Waals surface area contributed by atoms with E-state index in [-0.39, 0.29) is 5.91 Å². The molecule has 2 aromatic heterocycles. The molecule has 0 fully saturated rings. The lowest BCUT2D eigenvalue weighted by Crippen LogP contribution is -2.36. The standard InChI is InChI=1S/C19H19N5O2S/c1-26-16-4-3-14-11-24(8-5-13(14)9-16)17(25)10-15-12-27-19(22-15)23-18-20-6-2-7-21-18/h2-4,6-7,9,12H,5,8,10-11H2,1H3,(H,20,21,22,23). The van der Waals surface area contributed by atoms with E-state index in [0.717, 1.165) is 17.9 Å². The van der Waals surface area contributed by atoms with Gasteiger partial charge < -0.3 is 15.0 Å². The highest BCUT2D eigenvalue weighted by atomic mass is 32.1. The second-order valence-corrected chi connectivity index (χ2v) is 7.08. The minimum Gasteiger partial charge on any atom is -0.497 e. The summed E-state index contributed by atoms with van der Waals surface area (Å²) in [5.41, 5.74) is 3.18. The van der Waals surface area contributed by atoms with Crippen molar-refractivity contribution in [1.29, 1.82) is 0 Å². The second kappa shape index (κ2) is 7.71. The monoisotopic (exact) mass is 381 g/mol. The fourth-order valence-corrected chi connectivity index (χ4v) is 3.74. The molecular weight excluding hydrogens is 362 g/mol. The minimum atomic E-state index is 0.0873. The molecule has 1 aliphatic rings. The number of anilines is 2. The molecule has 27 heavy (non-hydrogen) atoms. The number of thiazole rings is 1. The second-order valence-electron chi connectivity index (χ2n) is 6.22. The van der Waals surface area contributed by atoms with Crippen LogP contribution < -0.4 is 10.1 Å². The van der Waals surface area contributed by atoms with Crippen LogP contribution in [0.2, 0.25) is 0 Å². The van der Waals surface area contributed by atoms with E-state index in [1.807, 2.05) is 22.4 Å². The molecule has 4 rings (SSSR count). The third-order valence-corrected chi connectivity index (χ3v) is 5.25. The van der Waals surface area contributed by atoms with Gasteiger partial charge in [-0.2, -0.15) is 0 Å². The van der Waals surface area contributed by atoms with Crippen LogP contribution in [0, 0.1) is 0 Å². The molecule has 1 N–H and O–H groups in total. The van der Waals surface area contributed by atoms with Crippen molar-refractivity contribution in [2.75, 3.05) is 19.0 Å². The molecular formula is C19H19N5O2S. The summed E-state index contributed by atoms with van der Waals surface area (Å²) in [6, 6.07) is 7.79. The maximum absolute atomic E-state index is 12.7. The maximum atomic E-state index is 12.7. The first-order valence-corrected chi connectivity index (χ1v) is 9.51. The van der Waals surface area contributed by atoms with Gasteiger partial charge in [0.25, 0.3) is 0 Å². The normalized spacial score (nSPS) is 13.1. The van der Waals surface area contributed by atoms with Crippen LogP contribution in [0.1, 0.15) is 16.8 Å². The van der Waals surface area contributed by atoms with Gasteiger partial charge in [0, 0.05) is 30.9 Å². The van der Waals surface area contributed by atoms with E-state index in [2.05, 4.69) is 26.3 Å². The lowest BCUT2D eigenvalue weighted by molar-refractivity contribution is -0.131. The Kier molecular flexibility index (Phi) is 4.97. The highest BCUT2D eigenvalue weighted by Crippen LogP contribution is 2.25. The molecule has 138 valence electrons. The molecule has 7 nitrogen and oxygen atoms in total. The molecule has 8 heteroatoms. The molecule has 1 aromatic carbocycles. The first-order chi connectivity index (χ1) is 13.2. The Morgan fingerprint density at radius 2 is 2.15 bits per heavy atom. The SMILES string of the molecule is COc1ccc2c(c1)CCN(C(=O)Cc1csc(Nc3ncccn3)n1)C2. The lowest BCUT2D eigenvalue weighted by atomic mass is 9.99. The number of ether oxygens (including phenoxy) is 1. The number of carbonyl (C=O) groups is 1. The Bertz CT molecular complexity index is 944. The molecule has 3 heterocycles. The molecule has 0 saturated carbocycles. The van der Waals surface area contributed by atoms with Crippen molar-refractivity contribution in [3.63, 3.8) is 0 Å². The first kappa shape index (κ1) is 17.4. The molecule has 0 saturated heterocycles. The Balaban J connectivity index is 1.38. The van der Waals surface area contributed by atoms with Crippen molar-refractivity contribution >= 4 is 28.3 Å². The van der Waals surface area contributed by atoms with Gasteiger partial charge in [-0.15, -0.1) is 11.3 Å². The van der Waals surface area contributed by atoms with Gasteiger partial charge in [0.2, 0.25) is 11.9 Å². The molecule has 1 amide bonds. The van der Waals surface area contributed by atoms with E-state index < -0.39 is 0 Å². The van der Waals surface area contributed by atoms with Crippen LogP contribution in [0.25, 0.3) is 0 Å². The van der Waals surface area contributed by atoms with Crippen LogP contribution >= 0.6 is 11.3 Å². The summed E-state index contributed by atoms with van der Waals surface area (Å²) in [4.78, 5) is 27.3. The van der Waals surface area contributed by atoms with Crippen molar-refractivity contribution in [2.24, 2.45) is 0 Å². The Labute approximate surface area is 161 Å². The van der Waals surface area contributed by atoms with Crippen LogP contribution in [0.5, 0.6) is 5.75 Å². The summed E-state index contributed by atoms with van der Waals surface area (Å²) in [6.07, 6.45) is 4.46. The van der Waals surface area contributed by atoms with Gasteiger partial charge in [-0.05, 0) is 35.7 Å². The van der Waals surface area contributed by atoms with Crippen LogP contribution in [0.3, 0.4) is 0 Å². The summed E-state index contributed by atoms with van der Waals surface area (Å²) >= 11 is 1.44. The summed E-state index contributed by atoms with van der Waals surface area (Å²) in [5.74, 6) is 1.44. The highest BCUT2D eigenvalue weighted by Gasteiger charge is 2.22. The number of carbonyl (C=O) groups excluding carboxylic acids is 1. The number of benzene rings is 1. The molecule has 0 unspecified atom stereocenters. The van der Waals surface area contributed by atoms with E-state index >= 15 is 0 Å². The van der Waals surface area contributed by atoms with E-state index in [1.165, 1.54) is 22.5 Å². The van der Waals surface area contributed by atoms with Gasteiger partial charge in [0.05, 0.1) is 19.2 Å². The fourth-order valence-electron chi connectivity index (χ4n) is 3.04. The topological polar surface area (TPSA) is 80.2 Å². The number of amides is 1. The number of hydrogen-bond donors (Lipinski definition) is 1. The first-order valence-electron chi connectivity index (χ1n) is 8.63. The van der Waals surface area contributed by atoms with Crippen LogP contribution in [-0.4, -0.2) is 39.4 Å².